The first-order valence-corrected chi connectivity index (χ1v) is 9.96. The van der Waals surface area contributed by atoms with E-state index in [1.54, 1.807) is 0 Å². The normalized spacial score (nSPS) is 17.4. The molecule has 1 aliphatic carbocycles. The second-order valence-corrected chi connectivity index (χ2v) is 8.96. The minimum Gasteiger partial charge on any atom is -0.312 e. The highest BCUT2D eigenvalue weighted by molar-refractivity contribution is 7.89. The molecule has 1 fully saturated rings. The fraction of sp³-hybridized carbons (Fsp3) is 0.733. The summed E-state index contributed by atoms with van der Waals surface area (Å²) in [6.45, 7) is 10.2. The molecular weight excluding hydrogens is 304 g/mol. The molecule has 120 valence electrons. The molecule has 0 aromatic carbocycles. The minimum absolute atomic E-state index is 0.179. The molecule has 21 heavy (non-hydrogen) atoms. The van der Waals surface area contributed by atoms with Crippen molar-refractivity contribution in [2.75, 3.05) is 13.1 Å². The van der Waals surface area contributed by atoms with Crippen molar-refractivity contribution in [2.45, 2.75) is 52.0 Å². The Morgan fingerprint density at radius 3 is 2.57 bits per heavy atom. The van der Waals surface area contributed by atoms with Gasteiger partial charge in [-0.05, 0) is 48.6 Å². The number of aryl methyl sites for hydroxylation is 1. The van der Waals surface area contributed by atoms with Crippen LogP contribution in [0.25, 0.3) is 0 Å². The lowest BCUT2D eigenvalue weighted by Gasteiger charge is -2.20. The van der Waals surface area contributed by atoms with E-state index in [4.69, 9.17) is 0 Å². The number of thiophene rings is 1. The van der Waals surface area contributed by atoms with Gasteiger partial charge in [-0.15, -0.1) is 11.3 Å². The Bertz CT molecular complexity index is 587. The Morgan fingerprint density at radius 2 is 2.05 bits per heavy atom. The number of sulfonamides is 1. The zero-order valence-electron chi connectivity index (χ0n) is 13.3. The SMILES string of the molecule is CCNCc1scc(C)c1S(=O)(=O)NCC1(C(C)C)CC1. The van der Waals surface area contributed by atoms with Gasteiger partial charge in [-0.3, -0.25) is 0 Å². The Morgan fingerprint density at radius 1 is 1.38 bits per heavy atom. The smallest absolute Gasteiger partial charge is 0.242 e. The second kappa shape index (κ2) is 6.36. The van der Waals surface area contributed by atoms with Crippen LogP contribution in [0.4, 0.5) is 0 Å². The fourth-order valence-corrected chi connectivity index (χ4v) is 5.55. The first kappa shape index (κ1) is 16.9. The van der Waals surface area contributed by atoms with Crippen LogP contribution in [0, 0.1) is 18.3 Å². The number of nitrogens with one attached hydrogen (secondary N) is 2. The topological polar surface area (TPSA) is 58.2 Å². The highest BCUT2D eigenvalue weighted by atomic mass is 32.2. The van der Waals surface area contributed by atoms with E-state index in [9.17, 15) is 8.42 Å². The van der Waals surface area contributed by atoms with Crippen molar-refractivity contribution >= 4 is 21.4 Å². The number of hydrogen-bond donors (Lipinski definition) is 2. The highest BCUT2D eigenvalue weighted by Crippen LogP contribution is 2.51. The molecule has 1 saturated carbocycles. The third-order valence-electron chi connectivity index (χ3n) is 4.52. The zero-order chi connectivity index (χ0) is 15.7. The Hall–Kier alpha value is -0.430. The highest BCUT2D eigenvalue weighted by Gasteiger charge is 2.45. The van der Waals surface area contributed by atoms with Crippen LogP contribution in [0.3, 0.4) is 0 Å². The van der Waals surface area contributed by atoms with Gasteiger partial charge in [0.2, 0.25) is 10.0 Å². The van der Waals surface area contributed by atoms with Crippen molar-refractivity contribution in [2.24, 2.45) is 11.3 Å². The molecule has 1 aromatic heterocycles. The molecule has 0 bridgehead atoms. The zero-order valence-corrected chi connectivity index (χ0v) is 15.0. The lowest BCUT2D eigenvalue weighted by Crippen LogP contribution is -2.33. The molecule has 0 spiro atoms. The summed E-state index contributed by atoms with van der Waals surface area (Å²) in [6.07, 6.45) is 2.25. The lowest BCUT2D eigenvalue weighted by molar-refractivity contribution is 0.357. The molecule has 0 aliphatic heterocycles. The number of rotatable bonds is 8. The summed E-state index contributed by atoms with van der Waals surface area (Å²) < 4.78 is 28.2. The molecule has 0 saturated heterocycles. The van der Waals surface area contributed by atoms with Gasteiger partial charge in [-0.1, -0.05) is 20.8 Å². The molecule has 1 aromatic rings. The first-order chi connectivity index (χ1) is 9.82. The van der Waals surface area contributed by atoms with Crippen LogP contribution in [0.2, 0.25) is 0 Å². The van der Waals surface area contributed by atoms with Crippen LogP contribution in [0.1, 0.15) is 44.1 Å². The second-order valence-electron chi connectivity index (χ2n) is 6.29. The summed E-state index contributed by atoms with van der Waals surface area (Å²) in [5.41, 5.74) is 1.02. The first-order valence-electron chi connectivity index (χ1n) is 7.60. The van der Waals surface area contributed by atoms with Crippen LogP contribution >= 0.6 is 11.3 Å². The van der Waals surface area contributed by atoms with Gasteiger partial charge in [0.05, 0.1) is 0 Å². The van der Waals surface area contributed by atoms with Crippen molar-refractivity contribution in [1.82, 2.24) is 10.0 Å². The molecular formula is C15H26N2O2S2. The molecule has 0 amide bonds. The third-order valence-corrected chi connectivity index (χ3v) is 7.39. The van der Waals surface area contributed by atoms with Gasteiger partial charge < -0.3 is 5.32 Å². The molecule has 2 rings (SSSR count). The summed E-state index contributed by atoms with van der Waals surface area (Å²) in [5, 5.41) is 5.14. The van der Waals surface area contributed by atoms with Crippen LogP contribution in [0.5, 0.6) is 0 Å². The van der Waals surface area contributed by atoms with Gasteiger partial charge in [0.1, 0.15) is 4.90 Å². The van der Waals surface area contributed by atoms with E-state index in [0.29, 0.717) is 23.9 Å². The van der Waals surface area contributed by atoms with E-state index in [1.807, 2.05) is 19.2 Å². The standard InChI is InChI=1S/C15H26N2O2S2/c1-5-16-8-13-14(12(4)9-20-13)21(18,19)17-10-15(6-7-15)11(2)3/h9,11,16-17H,5-8,10H2,1-4H3. The molecule has 0 unspecified atom stereocenters. The molecule has 2 N–H and O–H groups in total. The van der Waals surface area contributed by atoms with Crippen LogP contribution in [-0.4, -0.2) is 21.5 Å². The average molecular weight is 331 g/mol. The quantitative estimate of drug-likeness (QED) is 0.770. The summed E-state index contributed by atoms with van der Waals surface area (Å²) in [6, 6.07) is 0. The Kier molecular flexibility index (Phi) is 5.13. The molecule has 0 radical (unpaired) electrons. The van der Waals surface area contributed by atoms with Crippen molar-refractivity contribution in [1.29, 1.82) is 0 Å². The van der Waals surface area contributed by atoms with Crippen molar-refractivity contribution in [3.63, 3.8) is 0 Å². The maximum atomic E-state index is 12.7. The molecule has 4 nitrogen and oxygen atoms in total. The summed E-state index contributed by atoms with van der Waals surface area (Å²) >= 11 is 1.52. The largest absolute Gasteiger partial charge is 0.312 e. The van der Waals surface area contributed by atoms with Crippen LogP contribution < -0.4 is 10.0 Å². The van der Waals surface area contributed by atoms with E-state index in [2.05, 4.69) is 23.9 Å². The van der Waals surface area contributed by atoms with Crippen LogP contribution in [0.15, 0.2) is 10.3 Å². The number of hydrogen-bond acceptors (Lipinski definition) is 4. The Balaban J connectivity index is 2.14. The maximum Gasteiger partial charge on any atom is 0.242 e. The van der Waals surface area contributed by atoms with Gasteiger partial charge >= 0.3 is 0 Å². The summed E-state index contributed by atoms with van der Waals surface area (Å²) in [5.74, 6) is 0.519. The van der Waals surface area contributed by atoms with E-state index >= 15 is 0 Å². The molecule has 0 atom stereocenters. The van der Waals surface area contributed by atoms with Gasteiger partial charge in [-0.25, -0.2) is 13.1 Å². The van der Waals surface area contributed by atoms with E-state index in [1.165, 1.54) is 11.3 Å². The van der Waals surface area contributed by atoms with E-state index in [0.717, 1.165) is 29.8 Å². The lowest BCUT2D eigenvalue weighted by atomic mass is 9.93. The molecule has 1 aliphatic rings. The average Bonchev–Trinajstić information content (AvgIpc) is 3.12. The van der Waals surface area contributed by atoms with E-state index < -0.39 is 10.0 Å². The third kappa shape index (κ3) is 3.67. The fourth-order valence-electron chi connectivity index (χ4n) is 2.64. The molecule has 1 heterocycles. The van der Waals surface area contributed by atoms with Gasteiger partial charge in [0, 0.05) is 18.0 Å². The minimum atomic E-state index is -3.41. The van der Waals surface area contributed by atoms with Gasteiger partial charge in [0.15, 0.2) is 0 Å². The predicted octanol–water partition coefficient (Wildman–Crippen LogP) is 2.88. The van der Waals surface area contributed by atoms with Crippen molar-refractivity contribution in [3.05, 3.63) is 15.8 Å². The maximum absolute atomic E-state index is 12.7. The Labute approximate surface area is 132 Å². The molecule has 6 heteroatoms. The van der Waals surface area contributed by atoms with Crippen molar-refractivity contribution in [3.8, 4) is 0 Å². The predicted molar refractivity (Wildman–Crippen MR) is 88.1 cm³/mol. The van der Waals surface area contributed by atoms with Gasteiger partial charge in [0.25, 0.3) is 0 Å². The van der Waals surface area contributed by atoms with Gasteiger partial charge in [-0.2, -0.15) is 0 Å². The van der Waals surface area contributed by atoms with E-state index in [-0.39, 0.29) is 5.41 Å². The summed E-state index contributed by atoms with van der Waals surface area (Å²) in [4.78, 5) is 1.38. The van der Waals surface area contributed by atoms with Crippen LogP contribution in [-0.2, 0) is 16.6 Å². The monoisotopic (exact) mass is 330 g/mol. The summed E-state index contributed by atoms with van der Waals surface area (Å²) in [7, 11) is -3.41. The van der Waals surface area contributed by atoms with Crippen molar-refractivity contribution < 1.29 is 8.42 Å².